The molecule has 0 unspecified atom stereocenters. The number of nitrogens with zero attached hydrogens (tertiary/aromatic N) is 1. The molecule has 152 valence electrons. The molecule has 5 nitrogen and oxygen atoms in total. The lowest BCUT2D eigenvalue weighted by Crippen LogP contribution is -2.30. The lowest BCUT2D eigenvalue weighted by molar-refractivity contribution is 0.355. The molecule has 0 amide bonds. The summed E-state index contributed by atoms with van der Waals surface area (Å²) < 4.78 is 52.5. The topological polar surface area (TPSA) is 55.8 Å². The Morgan fingerprint density at radius 1 is 0.897 bits per heavy atom. The minimum atomic E-state index is -3.92. The first-order valence-electron chi connectivity index (χ1n) is 8.91. The second-order valence-electron chi connectivity index (χ2n) is 6.50. The molecule has 0 aliphatic rings. The van der Waals surface area contributed by atoms with Gasteiger partial charge in [-0.1, -0.05) is 24.3 Å². The summed E-state index contributed by atoms with van der Waals surface area (Å²) in [6.45, 7) is 1.79. The van der Waals surface area contributed by atoms with Crippen molar-refractivity contribution in [2.24, 2.45) is 0 Å². The van der Waals surface area contributed by atoms with Gasteiger partial charge >= 0.3 is 0 Å². The highest BCUT2D eigenvalue weighted by Crippen LogP contribution is 2.34. The Balaban J connectivity index is 2.14. The molecule has 0 atom stereocenters. The number of hydrogen-bond donors (Lipinski definition) is 0. The van der Waals surface area contributed by atoms with Gasteiger partial charge in [-0.2, -0.15) is 0 Å². The normalized spacial score (nSPS) is 11.2. The number of rotatable bonds is 7. The summed E-state index contributed by atoms with van der Waals surface area (Å²) in [7, 11) is -0.932. The first-order chi connectivity index (χ1) is 13.8. The van der Waals surface area contributed by atoms with Gasteiger partial charge in [-0.05, 0) is 54.4 Å². The van der Waals surface area contributed by atoms with Crippen LogP contribution in [0.4, 0.5) is 10.1 Å². The SMILES string of the molecule is COc1ccc(N(Cc2cccc(F)c2)S(=O)(=O)c2cccc(C)c2)cc1OC. The molecule has 0 bridgehead atoms. The van der Waals surface area contributed by atoms with E-state index in [0.717, 1.165) is 5.56 Å². The predicted octanol–water partition coefficient (Wildman–Crippen LogP) is 4.55. The van der Waals surface area contributed by atoms with Gasteiger partial charge in [-0.15, -0.1) is 0 Å². The van der Waals surface area contributed by atoms with Gasteiger partial charge in [0.25, 0.3) is 10.0 Å². The lowest BCUT2D eigenvalue weighted by Gasteiger charge is -2.25. The first-order valence-corrected chi connectivity index (χ1v) is 10.3. The Morgan fingerprint density at radius 3 is 2.28 bits per heavy atom. The minimum Gasteiger partial charge on any atom is -0.493 e. The van der Waals surface area contributed by atoms with Gasteiger partial charge in [0.2, 0.25) is 0 Å². The average Bonchev–Trinajstić information content (AvgIpc) is 2.71. The molecule has 0 heterocycles. The van der Waals surface area contributed by atoms with Crippen LogP contribution in [0.3, 0.4) is 0 Å². The fraction of sp³-hybridized carbons (Fsp3) is 0.182. The van der Waals surface area contributed by atoms with E-state index in [0.29, 0.717) is 22.7 Å². The van der Waals surface area contributed by atoms with Crippen LogP contribution in [-0.4, -0.2) is 22.6 Å². The minimum absolute atomic E-state index is 0.0382. The Morgan fingerprint density at radius 2 is 1.62 bits per heavy atom. The van der Waals surface area contributed by atoms with E-state index in [9.17, 15) is 12.8 Å². The van der Waals surface area contributed by atoms with E-state index in [2.05, 4.69) is 0 Å². The standard InChI is InChI=1S/C22H22FNO4S/c1-16-6-4-9-20(12-16)29(25,26)24(15-17-7-5-8-18(23)13-17)19-10-11-21(27-2)22(14-19)28-3/h4-14H,15H2,1-3H3. The fourth-order valence-electron chi connectivity index (χ4n) is 3.00. The zero-order chi connectivity index (χ0) is 21.0. The van der Waals surface area contributed by atoms with Crippen molar-refractivity contribution in [2.45, 2.75) is 18.4 Å². The predicted molar refractivity (Wildman–Crippen MR) is 110 cm³/mol. The van der Waals surface area contributed by atoms with Crippen LogP contribution in [0.25, 0.3) is 0 Å². The largest absolute Gasteiger partial charge is 0.493 e. The van der Waals surface area contributed by atoms with Crippen LogP contribution in [-0.2, 0) is 16.6 Å². The highest BCUT2D eigenvalue weighted by Gasteiger charge is 2.26. The number of methoxy groups -OCH3 is 2. The van der Waals surface area contributed by atoms with Crippen LogP contribution in [0.1, 0.15) is 11.1 Å². The van der Waals surface area contributed by atoms with Gasteiger partial charge in [0, 0.05) is 6.07 Å². The van der Waals surface area contributed by atoms with Gasteiger partial charge in [0.15, 0.2) is 11.5 Å². The van der Waals surface area contributed by atoms with Crippen LogP contribution in [0.15, 0.2) is 71.6 Å². The quantitative estimate of drug-likeness (QED) is 0.568. The van der Waals surface area contributed by atoms with Crippen molar-refractivity contribution >= 4 is 15.7 Å². The van der Waals surface area contributed by atoms with Crippen molar-refractivity contribution in [3.05, 3.63) is 83.7 Å². The molecule has 0 spiro atoms. The molecule has 3 aromatic carbocycles. The van der Waals surface area contributed by atoms with Crippen LogP contribution in [0.2, 0.25) is 0 Å². The molecule has 3 rings (SSSR count). The molecule has 0 N–H and O–H groups in total. The molecular weight excluding hydrogens is 393 g/mol. The van der Waals surface area contributed by atoms with Crippen molar-refractivity contribution in [1.29, 1.82) is 0 Å². The van der Waals surface area contributed by atoms with Gasteiger partial charge < -0.3 is 9.47 Å². The summed E-state index contributed by atoms with van der Waals surface area (Å²) >= 11 is 0. The zero-order valence-corrected chi connectivity index (χ0v) is 17.2. The van der Waals surface area contributed by atoms with Gasteiger partial charge in [0.1, 0.15) is 5.82 Å². The van der Waals surface area contributed by atoms with Gasteiger partial charge in [-0.3, -0.25) is 4.31 Å². The third-order valence-corrected chi connectivity index (χ3v) is 6.22. The van der Waals surface area contributed by atoms with E-state index in [1.54, 1.807) is 48.5 Å². The highest BCUT2D eigenvalue weighted by atomic mass is 32.2. The van der Waals surface area contributed by atoms with Crippen molar-refractivity contribution < 1.29 is 22.3 Å². The monoisotopic (exact) mass is 415 g/mol. The summed E-state index contributed by atoms with van der Waals surface area (Å²) in [6.07, 6.45) is 0. The molecule has 3 aromatic rings. The molecule has 0 aliphatic carbocycles. The van der Waals surface area contributed by atoms with Crippen LogP contribution in [0.5, 0.6) is 11.5 Å². The summed E-state index contributed by atoms with van der Waals surface area (Å²) in [6, 6.07) is 17.4. The van der Waals surface area contributed by atoms with E-state index >= 15 is 0 Å². The Hall–Kier alpha value is -3.06. The number of halogens is 1. The maximum absolute atomic E-state index is 13.7. The smallest absolute Gasteiger partial charge is 0.264 e. The van der Waals surface area contributed by atoms with Crippen molar-refractivity contribution in [1.82, 2.24) is 0 Å². The average molecular weight is 415 g/mol. The third-order valence-electron chi connectivity index (χ3n) is 4.45. The van der Waals surface area contributed by atoms with E-state index in [1.807, 2.05) is 13.0 Å². The van der Waals surface area contributed by atoms with Gasteiger partial charge in [-0.25, -0.2) is 12.8 Å². The number of ether oxygens (including phenoxy) is 2. The van der Waals surface area contributed by atoms with E-state index in [1.165, 1.54) is 30.7 Å². The third kappa shape index (κ3) is 4.51. The van der Waals surface area contributed by atoms with Crippen LogP contribution >= 0.6 is 0 Å². The van der Waals surface area contributed by atoms with E-state index in [-0.39, 0.29) is 11.4 Å². The molecule has 0 saturated carbocycles. The van der Waals surface area contributed by atoms with E-state index < -0.39 is 15.8 Å². The van der Waals surface area contributed by atoms with Gasteiger partial charge in [0.05, 0.1) is 31.3 Å². The van der Waals surface area contributed by atoms with Crippen molar-refractivity contribution in [3.8, 4) is 11.5 Å². The number of anilines is 1. The molecule has 7 heteroatoms. The van der Waals surface area contributed by atoms with Crippen LogP contribution < -0.4 is 13.8 Å². The van der Waals surface area contributed by atoms with Crippen LogP contribution in [0, 0.1) is 12.7 Å². The Labute approximate surface area is 170 Å². The van der Waals surface area contributed by atoms with Crippen molar-refractivity contribution in [2.75, 3.05) is 18.5 Å². The maximum Gasteiger partial charge on any atom is 0.264 e. The second kappa shape index (κ2) is 8.53. The molecular formula is C22H22FNO4S. The molecule has 29 heavy (non-hydrogen) atoms. The maximum atomic E-state index is 13.7. The number of aryl methyl sites for hydroxylation is 1. The number of hydrogen-bond acceptors (Lipinski definition) is 4. The number of benzene rings is 3. The first kappa shape index (κ1) is 20.7. The highest BCUT2D eigenvalue weighted by molar-refractivity contribution is 7.92. The Kier molecular flexibility index (Phi) is 6.08. The summed E-state index contributed by atoms with van der Waals surface area (Å²) in [5.41, 5.74) is 1.73. The molecule has 0 aliphatic heterocycles. The molecule has 0 saturated heterocycles. The zero-order valence-electron chi connectivity index (χ0n) is 16.4. The molecule has 0 aromatic heterocycles. The molecule has 0 radical (unpaired) electrons. The summed E-state index contributed by atoms with van der Waals surface area (Å²) in [5.74, 6) is 0.450. The van der Waals surface area contributed by atoms with Crippen molar-refractivity contribution in [3.63, 3.8) is 0 Å². The fourth-order valence-corrected chi connectivity index (χ4v) is 4.55. The van der Waals surface area contributed by atoms with E-state index in [4.69, 9.17) is 9.47 Å². The Bertz CT molecular complexity index is 1120. The summed E-state index contributed by atoms with van der Waals surface area (Å²) in [5, 5.41) is 0. The number of sulfonamides is 1. The second-order valence-corrected chi connectivity index (χ2v) is 8.36. The summed E-state index contributed by atoms with van der Waals surface area (Å²) in [4.78, 5) is 0.156. The molecule has 0 fully saturated rings. The lowest BCUT2D eigenvalue weighted by atomic mass is 10.2.